The van der Waals surface area contributed by atoms with Gasteiger partial charge in [0.2, 0.25) is 23.6 Å². The van der Waals surface area contributed by atoms with Crippen molar-refractivity contribution in [1.82, 2.24) is 31.5 Å². The van der Waals surface area contributed by atoms with Crippen molar-refractivity contribution in [2.75, 3.05) is 39.8 Å². The van der Waals surface area contributed by atoms with Gasteiger partial charge >= 0.3 is 6.09 Å². The Morgan fingerprint density at radius 3 is 2.06 bits per heavy atom. The minimum Gasteiger partial charge on any atom is -0.441 e. The highest BCUT2D eigenvalue weighted by atomic mass is 16.6. The molecular weight excluding hydrogens is 712 g/mol. The van der Waals surface area contributed by atoms with Gasteiger partial charge in [0, 0.05) is 64.1 Å². The molecule has 3 aliphatic heterocycles. The lowest BCUT2D eigenvalue weighted by Crippen LogP contribution is -2.70. The monoisotopic (exact) mass is 772 g/mol. The number of amides is 5. The van der Waals surface area contributed by atoms with Gasteiger partial charge in [-0.25, -0.2) is 9.79 Å². The summed E-state index contributed by atoms with van der Waals surface area (Å²) in [4.78, 5) is 67.4. The van der Waals surface area contributed by atoms with Gasteiger partial charge in [-0.15, -0.1) is 0 Å². The molecule has 18 N–H and O–H groups in total. The van der Waals surface area contributed by atoms with Crippen molar-refractivity contribution in [3.05, 3.63) is 0 Å². The Bertz CT molecular complexity index is 1300. The fourth-order valence-electron chi connectivity index (χ4n) is 6.57. The summed E-state index contributed by atoms with van der Waals surface area (Å²) in [5.74, 6) is -1.26. The molecule has 0 aliphatic carbocycles. The summed E-state index contributed by atoms with van der Waals surface area (Å²) in [5.41, 5.74) is 28.8. The van der Waals surface area contributed by atoms with Crippen LogP contribution in [0.4, 0.5) is 4.79 Å². The van der Waals surface area contributed by atoms with Crippen LogP contribution >= 0.6 is 0 Å². The molecule has 0 aromatic rings. The number of β-amino-alcohol motifs (C(OH)–C–C–N with tert-alkyl or cyclic N) is 1. The predicted octanol–water partition coefficient (Wildman–Crippen LogP) is -6.18. The van der Waals surface area contributed by atoms with Crippen LogP contribution in [-0.4, -0.2) is 163 Å². The number of aliphatic imine (C=N–C) groups is 1. The van der Waals surface area contributed by atoms with Gasteiger partial charge in [0.15, 0.2) is 24.3 Å². The van der Waals surface area contributed by atoms with E-state index in [1.807, 2.05) is 0 Å². The number of ether oxygens (including phenoxy) is 2. The predicted molar refractivity (Wildman–Crippen MR) is 194 cm³/mol. The molecule has 22 nitrogen and oxygen atoms in total. The summed E-state index contributed by atoms with van der Waals surface area (Å²) < 4.78 is 10.9. The number of piperidine rings is 1. The van der Waals surface area contributed by atoms with E-state index < -0.39 is 79.5 Å². The highest BCUT2D eigenvalue weighted by molar-refractivity contribution is 5.92. The molecule has 0 spiro atoms. The topological polar surface area (TPSA) is 370 Å². The summed E-state index contributed by atoms with van der Waals surface area (Å²) in [6.45, 7) is 0.641. The molecule has 0 bridgehead atoms. The van der Waals surface area contributed by atoms with E-state index in [4.69, 9.17) is 38.1 Å². The third-order valence-electron chi connectivity index (χ3n) is 9.44. The number of hydrogen-bond acceptors (Lipinski definition) is 17. The minimum absolute atomic E-state index is 0.0363. The summed E-state index contributed by atoms with van der Waals surface area (Å²) in [6.07, 6.45) is -4.25. The van der Waals surface area contributed by atoms with E-state index in [2.05, 4.69) is 31.6 Å². The van der Waals surface area contributed by atoms with Crippen LogP contribution in [0.2, 0.25) is 0 Å². The average molecular weight is 773 g/mol. The molecular formula is C32H60N12O10. The number of likely N-dealkylation sites (tertiary alicyclic amines) is 1. The molecule has 11 atom stereocenters. The number of nitrogens with one attached hydrogen (secondary N) is 5. The molecule has 2 fully saturated rings. The first kappa shape index (κ1) is 44.5. The molecule has 3 rings (SSSR count). The van der Waals surface area contributed by atoms with E-state index >= 15 is 0 Å². The van der Waals surface area contributed by atoms with Crippen molar-refractivity contribution in [3.8, 4) is 0 Å². The summed E-state index contributed by atoms with van der Waals surface area (Å²) in [7, 11) is 1.54. The maximum absolute atomic E-state index is 13.1. The number of hydrogen-bond donors (Lipinski definition) is 13. The Kier molecular flexibility index (Phi) is 18.0. The molecule has 22 heteroatoms. The van der Waals surface area contributed by atoms with Gasteiger partial charge in [0.1, 0.15) is 18.2 Å². The third kappa shape index (κ3) is 13.7. The molecule has 54 heavy (non-hydrogen) atoms. The average Bonchev–Trinajstić information content (AvgIpc) is 3.53. The fourth-order valence-corrected chi connectivity index (χ4v) is 6.57. The second-order valence-electron chi connectivity index (χ2n) is 14.1. The number of carbonyl (C=O) groups is 5. The number of nitrogens with two attached hydrogens (primary N) is 5. The van der Waals surface area contributed by atoms with Crippen molar-refractivity contribution < 1.29 is 48.8 Å². The molecule has 5 amide bonds. The number of aliphatic hydroxyl groups is 3. The van der Waals surface area contributed by atoms with E-state index in [9.17, 15) is 39.3 Å². The molecule has 2 saturated heterocycles. The van der Waals surface area contributed by atoms with Gasteiger partial charge in [-0.1, -0.05) is 0 Å². The molecule has 11 unspecified atom stereocenters. The van der Waals surface area contributed by atoms with Crippen molar-refractivity contribution in [2.24, 2.45) is 33.7 Å². The van der Waals surface area contributed by atoms with Crippen molar-refractivity contribution >= 4 is 35.7 Å². The SMILES string of the molecule is CN1CC(O)C2NC(NC3OC(CO)C(OC(N)=O)C(O)C3NC(=O)CC(N)CCCNC(=O)CC(N)CCCNC(=O)CC(N)CCCN)=NC2C1=O. The lowest BCUT2D eigenvalue weighted by atomic mass is 9.95. The van der Waals surface area contributed by atoms with E-state index in [1.165, 1.54) is 11.9 Å². The van der Waals surface area contributed by atoms with Crippen LogP contribution in [0.25, 0.3) is 0 Å². The first-order chi connectivity index (χ1) is 25.6. The largest absolute Gasteiger partial charge is 0.441 e. The maximum atomic E-state index is 13.1. The first-order valence-corrected chi connectivity index (χ1v) is 18.4. The molecule has 308 valence electrons. The van der Waals surface area contributed by atoms with Crippen LogP contribution in [0.1, 0.15) is 57.8 Å². The van der Waals surface area contributed by atoms with Crippen molar-refractivity contribution in [2.45, 2.75) is 125 Å². The number of nitrogens with zero attached hydrogens (tertiary/aromatic N) is 2. The number of aliphatic hydroxyl groups excluding tert-OH is 3. The van der Waals surface area contributed by atoms with Gasteiger partial charge in [0.25, 0.3) is 0 Å². The van der Waals surface area contributed by atoms with Crippen LogP contribution in [-0.2, 0) is 28.7 Å². The molecule has 0 aromatic carbocycles. The zero-order chi connectivity index (χ0) is 39.9. The van der Waals surface area contributed by atoms with Gasteiger partial charge in [-0.2, -0.15) is 0 Å². The summed E-state index contributed by atoms with van der Waals surface area (Å²) in [5, 5.41) is 45.6. The number of primary amides is 1. The lowest BCUT2D eigenvalue weighted by Gasteiger charge is -2.44. The first-order valence-electron chi connectivity index (χ1n) is 18.4. The Hall–Kier alpha value is -3.90. The molecule has 3 heterocycles. The minimum atomic E-state index is -1.63. The van der Waals surface area contributed by atoms with E-state index in [0.29, 0.717) is 51.7 Å². The summed E-state index contributed by atoms with van der Waals surface area (Å²) in [6, 6.07) is -4.23. The summed E-state index contributed by atoms with van der Waals surface area (Å²) >= 11 is 0. The van der Waals surface area contributed by atoms with Gasteiger partial charge in [-0.05, 0) is 45.1 Å². The Balaban J connectivity index is 1.43. The van der Waals surface area contributed by atoms with E-state index in [-0.39, 0.29) is 55.5 Å². The highest BCUT2D eigenvalue weighted by Gasteiger charge is 2.50. The van der Waals surface area contributed by atoms with Gasteiger partial charge in [0.05, 0.1) is 18.8 Å². The quantitative estimate of drug-likeness (QED) is 0.0483. The Labute approximate surface area is 314 Å². The fraction of sp³-hybridized carbons (Fsp3) is 0.812. The normalized spacial score (nSPS) is 28.1. The number of fused-ring (bicyclic) bond motifs is 1. The smallest absolute Gasteiger partial charge is 0.404 e. The lowest BCUT2D eigenvalue weighted by molar-refractivity contribution is -0.198. The van der Waals surface area contributed by atoms with Crippen LogP contribution in [0.5, 0.6) is 0 Å². The van der Waals surface area contributed by atoms with Gasteiger partial charge in [-0.3, -0.25) is 19.2 Å². The second-order valence-corrected chi connectivity index (χ2v) is 14.1. The molecule has 0 aromatic heterocycles. The third-order valence-corrected chi connectivity index (χ3v) is 9.44. The number of carbonyl (C=O) groups excluding carboxylic acids is 5. The van der Waals surface area contributed by atoms with Crippen molar-refractivity contribution in [3.63, 3.8) is 0 Å². The van der Waals surface area contributed by atoms with Crippen molar-refractivity contribution in [1.29, 1.82) is 0 Å². The number of guanidine groups is 1. The van der Waals surface area contributed by atoms with Crippen LogP contribution < -0.4 is 55.3 Å². The van der Waals surface area contributed by atoms with Crippen LogP contribution in [0.3, 0.4) is 0 Å². The highest BCUT2D eigenvalue weighted by Crippen LogP contribution is 2.25. The number of likely N-dealkylation sites (N-methyl/N-ethyl adjacent to an activating group) is 1. The van der Waals surface area contributed by atoms with E-state index in [0.717, 1.165) is 6.42 Å². The van der Waals surface area contributed by atoms with Crippen LogP contribution in [0, 0.1) is 0 Å². The molecule has 0 radical (unpaired) electrons. The number of rotatable bonds is 21. The maximum Gasteiger partial charge on any atom is 0.404 e. The standard InChI is InChI=1S/C32H60N12O10/c1-44-14-19(46)24-25(30(44)51)42-32(41-24)43-29-26(27(50)28(54-31(37)52)20(15-45)53-29)40-23(49)13-18(36)7-4-10-39-22(48)12-17(35)6-3-9-38-21(47)11-16(34)5-2-8-33/h16-20,24-29,45-46,50H,2-15,33-36H2,1H3,(H2,37,52)(H,38,47)(H,39,48)(H,40,49)(H2,41,42,43). The van der Waals surface area contributed by atoms with E-state index in [1.54, 1.807) is 0 Å². The zero-order valence-corrected chi connectivity index (χ0v) is 30.7. The molecule has 0 saturated carbocycles. The second kappa shape index (κ2) is 21.9. The Morgan fingerprint density at radius 1 is 0.963 bits per heavy atom. The molecule has 3 aliphatic rings. The van der Waals surface area contributed by atoms with Crippen LogP contribution in [0.15, 0.2) is 4.99 Å². The van der Waals surface area contributed by atoms with Gasteiger partial charge < -0.3 is 84.9 Å². The zero-order valence-electron chi connectivity index (χ0n) is 30.7. The Morgan fingerprint density at radius 2 is 1.52 bits per heavy atom.